The summed E-state index contributed by atoms with van der Waals surface area (Å²) in [7, 11) is 1.43. The first-order chi connectivity index (χ1) is 16.2. The minimum Gasteiger partial charge on any atom is -0.494 e. The number of ether oxygens (including phenoxy) is 1. The largest absolute Gasteiger partial charge is 0.494 e. The topological polar surface area (TPSA) is 158 Å². The van der Waals surface area contributed by atoms with Gasteiger partial charge >= 0.3 is 0 Å². The van der Waals surface area contributed by atoms with Gasteiger partial charge in [-0.05, 0) is 31.2 Å². The Bertz CT molecular complexity index is 1510. The summed E-state index contributed by atoms with van der Waals surface area (Å²) in [5, 5.41) is 12.6. The molecule has 0 amide bonds. The average molecular weight is 464 g/mol. The summed E-state index contributed by atoms with van der Waals surface area (Å²) in [5.41, 5.74) is 11.0. The number of hydrogen-bond acceptors (Lipinski definition) is 9. The van der Waals surface area contributed by atoms with Crippen molar-refractivity contribution in [1.82, 2.24) is 19.5 Å². The lowest BCUT2D eigenvalue weighted by Crippen LogP contribution is -2.28. The van der Waals surface area contributed by atoms with Gasteiger partial charge in [0.25, 0.3) is 5.56 Å². The van der Waals surface area contributed by atoms with Gasteiger partial charge in [0.2, 0.25) is 5.95 Å². The van der Waals surface area contributed by atoms with Gasteiger partial charge in [0.1, 0.15) is 46.2 Å². The Labute approximate surface area is 191 Å². The van der Waals surface area contributed by atoms with E-state index in [-0.39, 0.29) is 45.6 Å². The zero-order valence-electron chi connectivity index (χ0n) is 18.0. The molecule has 5 N–H and O–H groups in total. The van der Waals surface area contributed by atoms with Crippen LogP contribution in [-0.2, 0) is 0 Å². The van der Waals surface area contributed by atoms with E-state index in [4.69, 9.17) is 16.2 Å². The molecule has 0 fully saturated rings. The third kappa shape index (κ3) is 3.90. The molecule has 172 valence electrons. The predicted molar refractivity (Wildman–Crippen MR) is 121 cm³/mol. The zero-order valence-corrected chi connectivity index (χ0v) is 18.0. The number of aromatic nitrogens is 4. The Kier molecular flexibility index (Phi) is 5.68. The van der Waals surface area contributed by atoms with Crippen LogP contribution in [-0.4, -0.2) is 26.6 Å². The molecular formula is C22H18F2N8O2. The number of fused-ring (bicyclic) bond motifs is 1. The number of anilines is 3. The number of para-hydroxylation sites is 1. The summed E-state index contributed by atoms with van der Waals surface area (Å²) < 4.78 is 34.5. The summed E-state index contributed by atoms with van der Waals surface area (Å²) in [6.45, 7) is 1.62. The molecule has 0 aliphatic rings. The quantitative estimate of drug-likeness (QED) is 0.404. The second-order valence-electron chi connectivity index (χ2n) is 7.26. The van der Waals surface area contributed by atoms with Crippen LogP contribution in [0.5, 0.6) is 5.75 Å². The van der Waals surface area contributed by atoms with Crippen molar-refractivity contribution in [2.45, 2.75) is 13.0 Å². The maximum absolute atomic E-state index is 14.1. The van der Waals surface area contributed by atoms with Crippen LogP contribution >= 0.6 is 0 Å². The molecule has 0 saturated carbocycles. The summed E-state index contributed by atoms with van der Waals surface area (Å²) >= 11 is 0. The molecule has 0 aliphatic carbocycles. The van der Waals surface area contributed by atoms with E-state index >= 15 is 0 Å². The summed E-state index contributed by atoms with van der Waals surface area (Å²) in [4.78, 5) is 25.9. The molecule has 0 bridgehead atoms. The van der Waals surface area contributed by atoms with Crippen molar-refractivity contribution >= 4 is 28.5 Å². The Morgan fingerprint density at radius 1 is 1.15 bits per heavy atom. The van der Waals surface area contributed by atoms with Gasteiger partial charge in [0.15, 0.2) is 5.82 Å². The number of benzene rings is 2. The van der Waals surface area contributed by atoms with Crippen LogP contribution in [0.4, 0.5) is 26.4 Å². The van der Waals surface area contributed by atoms with Gasteiger partial charge in [0.05, 0.1) is 24.2 Å². The molecule has 0 spiro atoms. The molecule has 34 heavy (non-hydrogen) atoms. The van der Waals surface area contributed by atoms with Gasteiger partial charge in [-0.25, -0.2) is 13.8 Å². The second kappa shape index (κ2) is 8.62. The highest BCUT2D eigenvalue weighted by Crippen LogP contribution is 2.28. The number of nitrogen functional groups attached to an aromatic ring is 2. The molecule has 12 heteroatoms. The van der Waals surface area contributed by atoms with Crippen molar-refractivity contribution < 1.29 is 13.5 Å². The van der Waals surface area contributed by atoms with Crippen LogP contribution in [0.15, 0.2) is 41.2 Å². The third-order valence-electron chi connectivity index (χ3n) is 5.02. The molecule has 2 heterocycles. The van der Waals surface area contributed by atoms with Gasteiger partial charge in [-0.2, -0.15) is 15.2 Å². The highest BCUT2D eigenvalue weighted by molar-refractivity contribution is 5.84. The van der Waals surface area contributed by atoms with Crippen LogP contribution in [0.1, 0.15) is 24.4 Å². The standard InChI is InChI=1S/C22H18F2N8O2/c1-10(28-19-15(9-25)18(26)30-22(27)31-19)20-29-17-14(4-3-5-16(17)34-2)21(33)32(20)13-7-11(23)6-12(24)8-13/h3-8,10H,1-2H3,(H5,26,27,28,30,31)/t10-/m0/s1. The predicted octanol–water partition coefficient (Wildman–Crippen LogP) is 2.67. The van der Waals surface area contributed by atoms with Crippen LogP contribution in [0.25, 0.3) is 16.6 Å². The van der Waals surface area contributed by atoms with Crippen LogP contribution in [0, 0.1) is 23.0 Å². The Morgan fingerprint density at radius 2 is 1.85 bits per heavy atom. The zero-order chi connectivity index (χ0) is 24.6. The maximum Gasteiger partial charge on any atom is 0.266 e. The van der Waals surface area contributed by atoms with Crippen molar-refractivity contribution in [3.8, 4) is 17.5 Å². The lowest BCUT2D eigenvalue weighted by atomic mass is 10.1. The van der Waals surface area contributed by atoms with Crippen LogP contribution in [0.2, 0.25) is 0 Å². The smallest absolute Gasteiger partial charge is 0.266 e. The van der Waals surface area contributed by atoms with Gasteiger partial charge in [-0.15, -0.1) is 0 Å². The average Bonchev–Trinajstić information content (AvgIpc) is 2.77. The van der Waals surface area contributed by atoms with E-state index in [2.05, 4.69) is 20.3 Å². The molecule has 10 nitrogen and oxygen atoms in total. The van der Waals surface area contributed by atoms with Gasteiger partial charge < -0.3 is 21.5 Å². The van der Waals surface area contributed by atoms with Crippen molar-refractivity contribution in [2.75, 3.05) is 23.9 Å². The highest BCUT2D eigenvalue weighted by Gasteiger charge is 2.22. The number of nitrogens with one attached hydrogen (secondary N) is 1. The summed E-state index contributed by atoms with van der Waals surface area (Å²) in [6, 6.07) is 8.54. The number of rotatable bonds is 5. The lowest BCUT2D eigenvalue weighted by molar-refractivity contribution is 0.418. The molecule has 4 rings (SSSR count). The van der Waals surface area contributed by atoms with E-state index < -0.39 is 23.2 Å². The van der Waals surface area contributed by atoms with Crippen LogP contribution in [0.3, 0.4) is 0 Å². The number of nitrogens with zero attached hydrogens (tertiary/aromatic N) is 5. The van der Waals surface area contributed by atoms with Gasteiger partial charge in [-0.1, -0.05) is 6.07 Å². The number of nitriles is 1. The Morgan fingerprint density at radius 3 is 2.50 bits per heavy atom. The molecule has 1 atom stereocenters. The molecular weight excluding hydrogens is 446 g/mol. The number of halogens is 2. The SMILES string of the molecule is COc1cccc2c(=O)n(-c3cc(F)cc(F)c3)c([C@H](C)Nc3nc(N)nc(N)c3C#N)nc12. The first kappa shape index (κ1) is 22.4. The molecule has 2 aromatic heterocycles. The Hall–Kier alpha value is -4.79. The lowest BCUT2D eigenvalue weighted by Gasteiger charge is -2.21. The van der Waals surface area contributed by atoms with Gasteiger partial charge in [-0.3, -0.25) is 9.36 Å². The van der Waals surface area contributed by atoms with Crippen LogP contribution < -0.4 is 27.1 Å². The van der Waals surface area contributed by atoms with E-state index in [1.807, 2.05) is 6.07 Å². The van der Waals surface area contributed by atoms with E-state index in [0.29, 0.717) is 11.8 Å². The van der Waals surface area contributed by atoms with Crippen molar-refractivity contribution in [1.29, 1.82) is 5.26 Å². The minimum absolute atomic E-state index is 0.00588. The molecule has 0 saturated heterocycles. The fourth-order valence-electron chi connectivity index (χ4n) is 3.55. The van der Waals surface area contributed by atoms with E-state index in [9.17, 15) is 18.8 Å². The molecule has 0 aliphatic heterocycles. The third-order valence-corrected chi connectivity index (χ3v) is 5.02. The normalized spacial score (nSPS) is 11.7. The summed E-state index contributed by atoms with van der Waals surface area (Å²) in [5.74, 6) is -1.66. The minimum atomic E-state index is -0.873. The van der Waals surface area contributed by atoms with E-state index in [0.717, 1.165) is 16.7 Å². The van der Waals surface area contributed by atoms with Crippen molar-refractivity contribution in [3.05, 3.63) is 69.8 Å². The fraction of sp³-hybridized carbons (Fsp3) is 0.136. The number of hydrogen-bond donors (Lipinski definition) is 3. The van der Waals surface area contributed by atoms with Gasteiger partial charge in [0, 0.05) is 6.07 Å². The van der Waals surface area contributed by atoms with Crippen molar-refractivity contribution in [2.24, 2.45) is 0 Å². The van der Waals surface area contributed by atoms with E-state index in [1.165, 1.54) is 13.2 Å². The fourth-order valence-corrected chi connectivity index (χ4v) is 3.55. The monoisotopic (exact) mass is 464 g/mol. The second-order valence-corrected chi connectivity index (χ2v) is 7.26. The van der Waals surface area contributed by atoms with Crippen molar-refractivity contribution in [3.63, 3.8) is 0 Å². The molecule has 2 aromatic carbocycles. The Balaban J connectivity index is 1.99. The molecule has 4 aromatic rings. The highest BCUT2D eigenvalue weighted by atomic mass is 19.1. The molecule has 0 unspecified atom stereocenters. The number of nitrogens with two attached hydrogens (primary N) is 2. The first-order valence-electron chi connectivity index (χ1n) is 9.89. The maximum atomic E-state index is 14.1. The molecule has 0 radical (unpaired) electrons. The number of methoxy groups -OCH3 is 1. The first-order valence-corrected chi connectivity index (χ1v) is 9.89. The summed E-state index contributed by atoms with van der Waals surface area (Å²) in [6.07, 6.45) is 0. The van der Waals surface area contributed by atoms with E-state index in [1.54, 1.807) is 19.1 Å².